The zero-order chi connectivity index (χ0) is 29.4. The lowest BCUT2D eigenvalue weighted by Gasteiger charge is -2.34. The van der Waals surface area contributed by atoms with Crippen molar-refractivity contribution in [1.29, 1.82) is 0 Å². The molecule has 4 rings (SSSR count). The van der Waals surface area contributed by atoms with Gasteiger partial charge in [0, 0.05) is 38.6 Å². The molecule has 2 N–H and O–H groups in total. The van der Waals surface area contributed by atoms with Crippen molar-refractivity contribution in [3.63, 3.8) is 0 Å². The van der Waals surface area contributed by atoms with Crippen molar-refractivity contribution in [2.24, 2.45) is 0 Å². The number of amides is 2. The number of methoxy groups -OCH3 is 4. The van der Waals surface area contributed by atoms with E-state index in [9.17, 15) is 13.2 Å². The van der Waals surface area contributed by atoms with Crippen molar-refractivity contribution >= 4 is 16.1 Å². The molecule has 0 radical (unpaired) electrons. The summed E-state index contributed by atoms with van der Waals surface area (Å²) in [7, 11) is 5.07. The Bertz CT molecular complexity index is 1240. The van der Waals surface area contributed by atoms with Gasteiger partial charge in [0.15, 0.2) is 23.0 Å². The first-order chi connectivity index (χ1) is 19.0. The molecule has 0 aromatic heterocycles. The highest BCUT2D eigenvalue weighted by molar-refractivity contribution is 7.85. The van der Waals surface area contributed by atoms with Crippen molar-refractivity contribution in [3.05, 3.63) is 46.5 Å². The van der Waals surface area contributed by atoms with Crippen molar-refractivity contribution in [3.8, 4) is 23.0 Å². The highest BCUT2D eigenvalue weighted by Crippen LogP contribution is 2.42. The molecule has 0 bridgehead atoms. The maximum absolute atomic E-state index is 12.8. The number of carbonyl (C=O) groups is 1. The summed E-state index contributed by atoms with van der Waals surface area (Å²) in [6, 6.07) is 8.25. The van der Waals surface area contributed by atoms with Crippen LogP contribution in [-0.2, 0) is 29.4 Å². The fourth-order valence-corrected chi connectivity index (χ4v) is 5.09. The number of ether oxygens (including phenoxy) is 4. The van der Waals surface area contributed by atoms with E-state index in [4.69, 9.17) is 23.5 Å². The van der Waals surface area contributed by atoms with Crippen LogP contribution >= 0.6 is 0 Å². The Labute approximate surface area is 237 Å². The normalized spacial score (nSPS) is 15.9. The first-order valence-electron chi connectivity index (χ1n) is 13.1. The molecule has 1 aliphatic heterocycles. The van der Waals surface area contributed by atoms with Gasteiger partial charge in [-0.2, -0.15) is 8.42 Å². The molecule has 1 aliphatic carbocycles. The SMILES string of the molecule is COc1cc2c(cc1OC)CCN(C(=O)NCCN(C)C[C@@H]1Cc3cc(OC)c(OC)cc31)CC2.CS(=O)(=O)O. The van der Waals surface area contributed by atoms with Crippen LogP contribution in [0.1, 0.15) is 28.2 Å². The molecular weight excluding hydrogens is 538 g/mol. The van der Waals surface area contributed by atoms with E-state index in [-0.39, 0.29) is 6.03 Å². The lowest BCUT2D eigenvalue weighted by atomic mass is 9.77. The molecule has 0 spiro atoms. The molecule has 2 aliphatic rings. The summed E-state index contributed by atoms with van der Waals surface area (Å²) in [5.74, 6) is 3.51. The molecule has 1 atom stereocenters. The van der Waals surface area contributed by atoms with Gasteiger partial charge in [-0.1, -0.05) is 0 Å². The van der Waals surface area contributed by atoms with E-state index >= 15 is 0 Å². The molecule has 1 heterocycles. The van der Waals surface area contributed by atoms with Gasteiger partial charge in [-0.25, -0.2) is 4.79 Å². The van der Waals surface area contributed by atoms with E-state index in [0.717, 1.165) is 55.4 Å². The summed E-state index contributed by atoms with van der Waals surface area (Å²) in [6.45, 7) is 3.74. The van der Waals surface area contributed by atoms with Crippen LogP contribution in [0.3, 0.4) is 0 Å². The lowest BCUT2D eigenvalue weighted by Crippen LogP contribution is -2.44. The van der Waals surface area contributed by atoms with Crippen LogP contribution < -0.4 is 24.3 Å². The van der Waals surface area contributed by atoms with Gasteiger partial charge in [0.25, 0.3) is 10.1 Å². The molecule has 2 aromatic rings. The highest BCUT2D eigenvalue weighted by atomic mass is 32.2. The third-order valence-electron chi connectivity index (χ3n) is 7.15. The average Bonchev–Trinajstić information content (AvgIpc) is 3.11. The molecule has 12 heteroatoms. The fourth-order valence-electron chi connectivity index (χ4n) is 5.09. The maximum Gasteiger partial charge on any atom is 0.317 e. The first kappa shape index (κ1) is 31.3. The molecule has 11 nitrogen and oxygen atoms in total. The molecule has 0 unspecified atom stereocenters. The lowest BCUT2D eigenvalue weighted by molar-refractivity contribution is 0.198. The number of fused-ring (bicyclic) bond motifs is 2. The van der Waals surface area contributed by atoms with Gasteiger partial charge < -0.3 is 34.1 Å². The van der Waals surface area contributed by atoms with Crippen LogP contribution in [0.5, 0.6) is 23.0 Å². The van der Waals surface area contributed by atoms with Gasteiger partial charge in [-0.05, 0) is 72.8 Å². The van der Waals surface area contributed by atoms with Crippen molar-refractivity contribution < 1.29 is 36.7 Å². The van der Waals surface area contributed by atoms with Crippen molar-refractivity contribution in [2.45, 2.75) is 25.2 Å². The average molecular weight is 580 g/mol. The van der Waals surface area contributed by atoms with E-state index in [0.29, 0.717) is 31.8 Å². The van der Waals surface area contributed by atoms with Gasteiger partial charge in [0.2, 0.25) is 0 Å². The molecule has 0 saturated carbocycles. The summed E-state index contributed by atoms with van der Waals surface area (Å²) < 4.78 is 47.6. The smallest absolute Gasteiger partial charge is 0.317 e. The van der Waals surface area contributed by atoms with Crippen LogP contribution in [0, 0.1) is 0 Å². The summed E-state index contributed by atoms with van der Waals surface area (Å²) in [4.78, 5) is 17.0. The molecule has 2 aromatic carbocycles. The predicted octanol–water partition coefficient (Wildman–Crippen LogP) is 2.61. The van der Waals surface area contributed by atoms with Gasteiger partial charge >= 0.3 is 6.03 Å². The zero-order valence-electron chi connectivity index (χ0n) is 24.2. The molecule has 2 amide bonds. The maximum atomic E-state index is 12.8. The van der Waals surface area contributed by atoms with Gasteiger partial charge in [0.1, 0.15) is 0 Å². The number of hydrogen-bond donors (Lipinski definition) is 2. The van der Waals surface area contributed by atoms with E-state index in [1.165, 1.54) is 22.3 Å². The number of rotatable bonds is 9. The van der Waals surface area contributed by atoms with Crippen LogP contribution in [0.2, 0.25) is 0 Å². The summed E-state index contributed by atoms with van der Waals surface area (Å²) in [5, 5.41) is 3.10. The zero-order valence-corrected chi connectivity index (χ0v) is 25.0. The number of hydrogen-bond acceptors (Lipinski definition) is 8. The predicted molar refractivity (Wildman–Crippen MR) is 153 cm³/mol. The summed E-state index contributed by atoms with van der Waals surface area (Å²) in [6.07, 6.45) is 3.36. The Morgan fingerprint density at radius 3 is 1.85 bits per heavy atom. The minimum atomic E-state index is -3.67. The Morgan fingerprint density at radius 1 is 0.925 bits per heavy atom. The molecule has 0 fully saturated rings. The number of carbonyl (C=O) groups excluding carboxylic acids is 1. The summed E-state index contributed by atoms with van der Waals surface area (Å²) >= 11 is 0. The number of nitrogens with zero attached hydrogens (tertiary/aromatic N) is 2. The second-order valence-corrected chi connectivity index (χ2v) is 11.5. The molecule has 0 saturated heterocycles. The minimum Gasteiger partial charge on any atom is -0.493 e. The third-order valence-corrected chi connectivity index (χ3v) is 7.15. The Morgan fingerprint density at radius 2 is 1.38 bits per heavy atom. The van der Waals surface area contributed by atoms with E-state index < -0.39 is 10.1 Å². The highest BCUT2D eigenvalue weighted by Gasteiger charge is 2.29. The second kappa shape index (κ2) is 13.9. The Hall–Kier alpha value is -3.22. The Kier molecular flexibility index (Phi) is 10.9. The van der Waals surface area contributed by atoms with E-state index in [1.807, 2.05) is 17.0 Å². The quantitative estimate of drug-likeness (QED) is 0.431. The van der Waals surface area contributed by atoms with Crippen molar-refractivity contribution in [2.75, 3.05) is 74.5 Å². The van der Waals surface area contributed by atoms with Crippen LogP contribution in [0.15, 0.2) is 24.3 Å². The number of benzene rings is 2. The number of likely N-dealkylation sites (N-methyl/N-ethyl adjacent to an activating group) is 1. The molecule has 222 valence electrons. The monoisotopic (exact) mass is 579 g/mol. The van der Waals surface area contributed by atoms with Crippen LogP contribution in [-0.4, -0.2) is 103 Å². The number of nitrogens with one attached hydrogen (secondary N) is 1. The largest absolute Gasteiger partial charge is 0.493 e. The van der Waals surface area contributed by atoms with Crippen LogP contribution in [0.4, 0.5) is 4.79 Å². The van der Waals surface area contributed by atoms with Crippen LogP contribution in [0.25, 0.3) is 0 Å². The standard InChI is InChI=1S/C27H37N3O5.CH4O3S/c1-29(17-21-12-20-15-25(34-4)26(35-5)16-22(20)21)11-8-28-27(31)30-9-6-18-13-23(32-2)24(33-3)14-19(18)7-10-30;1-5(2,3)4/h13-16,21H,6-12,17H2,1-5H3,(H,28,31);1H3,(H,2,3,4)/t21-;/m0./s1. The third kappa shape index (κ3) is 8.39. The van der Waals surface area contributed by atoms with Gasteiger partial charge in [-0.3, -0.25) is 4.55 Å². The number of urea groups is 1. The van der Waals surface area contributed by atoms with Gasteiger partial charge in [0.05, 0.1) is 34.7 Å². The van der Waals surface area contributed by atoms with Crippen molar-refractivity contribution in [1.82, 2.24) is 15.1 Å². The topological polar surface area (TPSA) is 127 Å². The first-order valence-corrected chi connectivity index (χ1v) is 14.9. The Balaban J connectivity index is 0.000000810. The van der Waals surface area contributed by atoms with E-state index in [2.05, 4.69) is 29.4 Å². The molecule has 40 heavy (non-hydrogen) atoms. The van der Waals surface area contributed by atoms with E-state index in [1.54, 1.807) is 28.4 Å². The second-order valence-electron chi connectivity index (χ2n) is 10.00. The molecular formula is C28H41N3O8S. The van der Waals surface area contributed by atoms with Gasteiger partial charge in [-0.15, -0.1) is 0 Å². The summed E-state index contributed by atoms with van der Waals surface area (Å²) in [5.41, 5.74) is 5.09. The fraction of sp³-hybridized carbons (Fsp3) is 0.536. The minimum absolute atomic E-state index is 0.00374.